The highest BCUT2D eigenvalue weighted by molar-refractivity contribution is 9.11. The van der Waals surface area contributed by atoms with Crippen molar-refractivity contribution < 1.29 is 5.11 Å². The Balaban J connectivity index is 2.49. The second-order valence-corrected chi connectivity index (χ2v) is 3.57. The number of hydrogen-bond acceptors (Lipinski definition) is 1. The molecule has 0 heterocycles. The maximum atomic E-state index is 9.27. The lowest BCUT2D eigenvalue weighted by molar-refractivity contribution is 0.152. The molecule has 0 bridgehead atoms. The van der Waals surface area contributed by atoms with Gasteiger partial charge in [0.05, 0.1) is 6.10 Å². The molecule has 52 valence electrons. The molecule has 0 aromatic heterocycles. The molecule has 1 saturated carbocycles. The largest absolute Gasteiger partial charge is 0.392 e. The highest BCUT2D eigenvalue weighted by atomic mass is 79.9. The van der Waals surface area contributed by atoms with E-state index < -0.39 is 0 Å². The number of aliphatic hydroxyl groups is 1. The van der Waals surface area contributed by atoms with Gasteiger partial charge >= 0.3 is 0 Å². The summed E-state index contributed by atoms with van der Waals surface area (Å²) in [6.45, 7) is 3.74. The van der Waals surface area contributed by atoms with Crippen molar-refractivity contribution in [2.24, 2.45) is 5.92 Å². The van der Waals surface area contributed by atoms with Crippen LogP contribution in [0.4, 0.5) is 0 Å². The van der Waals surface area contributed by atoms with E-state index in [1.807, 2.05) is 0 Å². The number of rotatable bonds is 1. The third kappa shape index (κ3) is 1.55. The van der Waals surface area contributed by atoms with Crippen LogP contribution in [0.3, 0.4) is 0 Å². The summed E-state index contributed by atoms with van der Waals surface area (Å²) in [5, 5.41) is 9.27. The topological polar surface area (TPSA) is 20.2 Å². The molecule has 2 heteroatoms. The molecule has 0 amide bonds. The minimum absolute atomic E-state index is 0.142. The molecule has 9 heavy (non-hydrogen) atoms. The van der Waals surface area contributed by atoms with Gasteiger partial charge in [0.25, 0.3) is 0 Å². The van der Waals surface area contributed by atoms with Crippen LogP contribution in [0.2, 0.25) is 0 Å². The van der Waals surface area contributed by atoms with Gasteiger partial charge < -0.3 is 5.11 Å². The molecular formula is C7H11BrO. The normalized spacial score (nSPS) is 34.9. The van der Waals surface area contributed by atoms with E-state index in [0.29, 0.717) is 5.92 Å². The second-order valence-electron chi connectivity index (χ2n) is 2.55. The molecule has 1 aliphatic carbocycles. The van der Waals surface area contributed by atoms with E-state index in [1.54, 1.807) is 0 Å². The lowest BCUT2D eigenvalue weighted by Crippen LogP contribution is -2.11. The number of hydrogen-bond donors (Lipinski definition) is 1. The summed E-state index contributed by atoms with van der Waals surface area (Å²) >= 11 is 3.29. The highest BCUT2D eigenvalue weighted by Gasteiger charge is 2.25. The Labute approximate surface area is 63.9 Å². The first-order valence-corrected chi connectivity index (χ1v) is 4.03. The van der Waals surface area contributed by atoms with E-state index in [-0.39, 0.29) is 6.10 Å². The van der Waals surface area contributed by atoms with Gasteiger partial charge in [0.2, 0.25) is 0 Å². The summed E-state index contributed by atoms with van der Waals surface area (Å²) in [6.07, 6.45) is 3.02. The Hall–Kier alpha value is 0.180. The average molecular weight is 191 g/mol. The van der Waals surface area contributed by atoms with Crippen LogP contribution in [0.1, 0.15) is 19.3 Å². The minimum Gasteiger partial charge on any atom is -0.392 e. The summed E-state index contributed by atoms with van der Waals surface area (Å²) in [7, 11) is 0. The van der Waals surface area contributed by atoms with Crippen molar-refractivity contribution in [2.45, 2.75) is 25.4 Å². The van der Waals surface area contributed by atoms with Crippen LogP contribution >= 0.6 is 15.9 Å². The van der Waals surface area contributed by atoms with Gasteiger partial charge in [0.1, 0.15) is 0 Å². The van der Waals surface area contributed by atoms with E-state index in [1.165, 1.54) is 0 Å². The van der Waals surface area contributed by atoms with Gasteiger partial charge in [-0.2, -0.15) is 0 Å². The van der Waals surface area contributed by atoms with Crippen LogP contribution in [0.5, 0.6) is 0 Å². The van der Waals surface area contributed by atoms with Crippen molar-refractivity contribution in [1.29, 1.82) is 0 Å². The van der Waals surface area contributed by atoms with E-state index in [9.17, 15) is 5.11 Å². The highest BCUT2D eigenvalue weighted by Crippen LogP contribution is 2.33. The van der Waals surface area contributed by atoms with Crippen molar-refractivity contribution in [3.8, 4) is 0 Å². The van der Waals surface area contributed by atoms with Crippen molar-refractivity contribution in [3.05, 3.63) is 11.1 Å². The fourth-order valence-electron chi connectivity index (χ4n) is 1.31. The van der Waals surface area contributed by atoms with Crippen LogP contribution in [-0.4, -0.2) is 11.2 Å². The molecule has 0 saturated heterocycles. The van der Waals surface area contributed by atoms with Crippen molar-refractivity contribution in [3.63, 3.8) is 0 Å². The molecule has 0 spiro atoms. The smallest absolute Gasteiger partial charge is 0.0613 e. The zero-order chi connectivity index (χ0) is 6.85. The Morgan fingerprint density at radius 1 is 1.56 bits per heavy atom. The van der Waals surface area contributed by atoms with E-state index in [2.05, 4.69) is 22.5 Å². The first kappa shape index (κ1) is 7.29. The lowest BCUT2D eigenvalue weighted by atomic mass is 10.1. The van der Waals surface area contributed by atoms with E-state index >= 15 is 0 Å². The number of halogens is 1. The molecule has 1 N–H and O–H groups in total. The van der Waals surface area contributed by atoms with Gasteiger partial charge in [-0.25, -0.2) is 0 Å². The Morgan fingerprint density at radius 3 is 2.44 bits per heavy atom. The predicted molar refractivity (Wildman–Crippen MR) is 41.4 cm³/mol. The average Bonchev–Trinajstić information content (AvgIpc) is 2.13. The van der Waals surface area contributed by atoms with Crippen molar-refractivity contribution in [1.82, 2.24) is 0 Å². The molecule has 1 nitrogen and oxygen atoms in total. The summed E-state index contributed by atoms with van der Waals surface area (Å²) in [5.74, 6) is 0.310. The third-order valence-corrected chi connectivity index (χ3v) is 2.47. The minimum atomic E-state index is -0.142. The molecule has 2 unspecified atom stereocenters. The molecule has 2 atom stereocenters. The summed E-state index contributed by atoms with van der Waals surface area (Å²) in [6, 6.07) is 0. The zero-order valence-corrected chi connectivity index (χ0v) is 6.89. The Kier molecular flexibility index (Phi) is 2.30. The summed E-state index contributed by atoms with van der Waals surface area (Å²) < 4.78 is 0.951. The quantitative estimate of drug-likeness (QED) is 0.672. The third-order valence-electron chi connectivity index (χ3n) is 1.88. The fraction of sp³-hybridized carbons (Fsp3) is 0.714. The fourth-order valence-corrected chi connectivity index (χ4v) is 1.84. The summed E-state index contributed by atoms with van der Waals surface area (Å²) in [5.41, 5.74) is 0. The number of aliphatic hydroxyl groups excluding tert-OH is 1. The van der Waals surface area contributed by atoms with Gasteiger partial charge in [-0.05, 0) is 17.3 Å². The first-order chi connectivity index (χ1) is 4.22. The van der Waals surface area contributed by atoms with Crippen molar-refractivity contribution >= 4 is 15.9 Å². The van der Waals surface area contributed by atoms with Gasteiger partial charge in [-0.3, -0.25) is 0 Å². The first-order valence-electron chi connectivity index (χ1n) is 3.24. The van der Waals surface area contributed by atoms with Gasteiger partial charge in [0.15, 0.2) is 0 Å². The Morgan fingerprint density at radius 2 is 2.22 bits per heavy atom. The molecule has 0 aromatic carbocycles. The molecule has 0 aliphatic heterocycles. The standard InChI is InChI=1S/C7H11BrO/c1-5(8)6-3-2-4-7(6)9/h6-7,9H,1-4H2. The molecule has 1 aliphatic rings. The van der Waals surface area contributed by atoms with Gasteiger partial charge in [-0.15, -0.1) is 0 Å². The molecule has 0 aromatic rings. The maximum absolute atomic E-state index is 9.27. The van der Waals surface area contributed by atoms with E-state index in [0.717, 1.165) is 23.7 Å². The van der Waals surface area contributed by atoms with Crippen molar-refractivity contribution in [2.75, 3.05) is 0 Å². The maximum Gasteiger partial charge on any atom is 0.0613 e. The molecule has 1 fully saturated rings. The predicted octanol–water partition coefficient (Wildman–Crippen LogP) is 2.06. The monoisotopic (exact) mass is 190 g/mol. The van der Waals surface area contributed by atoms with Gasteiger partial charge in [0, 0.05) is 5.92 Å². The van der Waals surface area contributed by atoms with Crippen LogP contribution in [0, 0.1) is 5.92 Å². The molecule has 1 rings (SSSR count). The van der Waals surface area contributed by atoms with Crippen LogP contribution in [0.15, 0.2) is 11.1 Å². The van der Waals surface area contributed by atoms with E-state index in [4.69, 9.17) is 0 Å². The second kappa shape index (κ2) is 2.84. The van der Waals surface area contributed by atoms with Crippen LogP contribution in [0.25, 0.3) is 0 Å². The Bertz CT molecular complexity index is 122. The van der Waals surface area contributed by atoms with Gasteiger partial charge in [-0.1, -0.05) is 28.9 Å². The lowest BCUT2D eigenvalue weighted by Gasteiger charge is -2.11. The molecular weight excluding hydrogens is 180 g/mol. The summed E-state index contributed by atoms with van der Waals surface area (Å²) in [4.78, 5) is 0. The van der Waals surface area contributed by atoms with Crippen LogP contribution < -0.4 is 0 Å². The van der Waals surface area contributed by atoms with Crippen LogP contribution in [-0.2, 0) is 0 Å². The zero-order valence-electron chi connectivity index (χ0n) is 5.31. The molecule has 0 radical (unpaired) electrons. The SMILES string of the molecule is C=C(Br)C1CCCC1O.